The monoisotopic (exact) mass is 406 g/mol. The third-order valence-electron chi connectivity index (χ3n) is 4.91. The summed E-state index contributed by atoms with van der Waals surface area (Å²) < 4.78 is 27.7. The molecule has 0 saturated carbocycles. The first-order chi connectivity index (χ1) is 12.8. The molecule has 1 aliphatic heterocycles. The van der Waals surface area contributed by atoms with Gasteiger partial charge >= 0.3 is 0 Å². The number of halogens is 1. The molecule has 1 atom stereocenters. The van der Waals surface area contributed by atoms with Gasteiger partial charge in [0.25, 0.3) is 5.91 Å². The van der Waals surface area contributed by atoms with Crippen LogP contribution < -0.4 is 5.32 Å². The fourth-order valence-corrected chi connectivity index (χ4v) is 4.72. The maximum absolute atomic E-state index is 13.1. The summed E-state index contributed by atoms with van der Waals surface area (Å²) in [4.78, 5) is 12.5. The van der Waals surface area contributed by atoms with Crippen molar-refractivity contribution in [2.24, 2.45) is 0 Å². The lowest BCUT2D eigenvalue weighted by Gasteiger charge is -2.28. The van der Waals surface area contributed by atoms with E-state index in [-0.39, 0.29) is 27.4 Å². The molecule has 0 aliphatic carbocycles. The molecule has 1 N–H and O–H groups in total. The molecule has 0 bridgehead atoms. The molecule has 0 radical (unpaired) electrons. The SMILES string of the molecule is CC[C@@H](C)NC(=O)c1cc(S(=O)(=O)N2CCc3ccccc3C2)ccc1Cl. The molecule has 7 heteroatoms. The standard InChI is InChI=1S/C20H23ClN2O3S/c1-3-14(2)22-20(24)18-12-17(8-9-19(18)21)27(25,26)23-11-10-15-6-4-5-7-16(15)13-23/h4-9,12,14H,3,10-11,13H2,1-2H3,(H,22,24)/t14-/m1/s1. The van der Waals surface area contributed by atoms with Gasteiger partial charge in [0, 0.05) is 19.1 Å². The van der Waals surface area contributed by atoms with Crippen LogP contribution in [0.4, 0.5) is 0 Å². The van der Waals surface area contributed by atoms with E-state index in [9.17, 15) is 13.2 Å². The van der Waals surface area contributed by atoms with Crippen LogP contribution in [0, 0.1) is 0 Å². The molecule has 0 saturated heterocycles. The highest BCUT2D eigenvalue weighted by molar-refractivity contribution is 7.89. The van der Waals surface area contributed by atoms with Crippen LogP contribution in [-0.2, 0) is 23.0 Å². The predicted molar refractivity (Wildman–Crippen MR) is 106 cm³/mol. The average molecular weight is 407 g/mol. The number of nitrogens with one attached hydrogen (secondary N) is 1. The quantitative estimate of drug-likeness (QED) is 0.824. The Hall–Kier alpha value is -1.89. The first kappa shape index (κ1) is 19.9. The second-order valence-corrected chi connectivity index (χ2v) is 9.13. The van der Waals surface area contributed by atoms with E-state index in [0.717, 1.165) is 12.0 Å². The third kappa shape index (κ3) is 4.18. The summed E-state index contributed by atoms with van der Waals surface area (Å²) in [6, 6.07) is 12.1. The Balaban J connectivity index is 1.89. The zero-order valence-electron chi connectivity index (χ0n) is 15.4. The lowest BCUT2D eigenvalue weighted by atomic mass is 10.0. The van der Waals surface area contributed by atoms with E-state index in [1.807, 2.05) is 38.1 Å². The maximum atomic E-state index is 13.1. The number of carbonyl (C=O) groups excluding carboxylic acids is 1. The number of benzene rings is 2. The van der Waals surface area contributed by atoms with Crippen molar-refractivity contribution >= 4 is 27.5 Å². The molecule has 0 unspecified atom stereocenters. The molecule has 3 rings (SSSR count). The van der Waals surface area contributed by atoms with Crippen molar-refractivity contribution in [3.63, 3.8) is 0 Å². The van der Waals surface area contributed by atoms with Crippen LogP contribution in [0.1, 0.15) is 41.8 Å². The fourth-order valence-electron chi connectivity index (χ4n) is 3.07. The van der Waals surface area contributed by atoms with Crippen LogP contribution in [0.25, 0.3) is 0 Å². The summed E-state index contributed by atoms with van der Waals surface area (Å²) in [5.74, 6) is -0.365. The van der Waals surface area contributed by atoms with Crippen LogP contribution >= 0.6 is 11.6 Å². The second kappa shape index (κ2) is 8.00. The first-order valence-corrected chi connectivity index (χ1v) is 10.8. The molecule has 2 aromatic carbocycles. The predicted octanol–water partition coefficient (Wildman–Crippen LogP) is 3.62. The van der Waals surface area contributed by atoms with Crippen molar-refractivity contribution < 1.29 is 13.2 Å². The fraction of sp³-hybridized carbons (Fsp3) is 0.350. The Bertz CT molecular complexity index is 959. The van der Waals surface area contributed by atoms with E-state index in [2.05, 4.69) is 5.32 Å². The largest absolute Gasteiger partial charge is 0.350 e. The Kier molecular flexibility index (Phi) is 5.89. The lowest BCUT2D eigenvalue weighted by Crippen LogP contribution is -2.36. The van der Waals surface area contributed by atoms with Gasteiger partial charge in [-0.2, -0.15) is 4.31 Å². The minimum Gasteiger partial charge on any atom is -0.350 e. The Morgan fingerprint density at radius 3 is 2.63 bits per heavy atom. The number of hydrogen-bond acceptors (Lipinski definition) is 3. The number of nitrogens with zero attached hydrogens (tertiary/aromatic N) is 1. The van der Waals surface area contributed by atoms with E-state index < -0.39 is 10.0 Å². The Morgan fingerprint density at radius 2 is 1.93 bits per heavy atom. The summed E-state index contributed by atoms with van der Waals surface area (Å²) in [7, 11) is -3.72. The average Bonchev–Trinajstić information content (AvgIpc) is 2.67. The van der Waals surface area contributed by atoms with E-state index in [1.54, 1.807) is 0 Å². The zero-order valence-corrected chi connectivity index (χ0v) is 17.0. The van der Waals surface area contributed by atoms with Gasteiger partial charge in [-0.3, -0.25) is 4.79 Å². The van der Waals surface area contributed by atoms with Crippen LogP contribution in [-0.4, -0.2) is 31.2 Å². The molecular weight excluding hydrogens is 384 g/mol. The first-order valence-electron chi connectivity index (χ1n) is 9.00. The van der Waals surface area contributed by atoms with Crippen molar-refractivity contribution in [2.45, 2.75) is 44.2 Å². The van der Waals surface area contributed by atoms with E-state index in [4.69, 9.17) is 11.6 Å². The van der Waals surface area contributed by atoms with Crippen molar-refractivity contribution in [3.8, 4) is 0 Å². The van der Waals surface area contributed by atoms with Gasteiger partial charge in [-0.05, 0) is 49.1 Å². The molecule has 1 heterocycles. The smallest absolute Gasteiger partial charge is 0.253 e. The highest BCUT2D eigenvalue weighted by Gasteiger charge is 2.29. The number of fused-ring (bicyclic) bond motifs is 1. The van der Waals surface area contributed by atoms with Gasteiger partial charge in [0.1, 0.15) is 0 Å². The molecule has 1 aliphatic rings. The molecule has 1 amide bonds. The summed E-state index contributed by atoms with van der Waals surface area (Å²) in [6.45, 7) is 4.59. The van der Waals surface area contributed by atoms with Crippen molar-refractivity contribution in [2.75, 3.05) is 6.54 Å². The Morgan fingerprint density at radius 1 is 1.22 bits per heavy atom. The van der Waals surface area contributed by atoms with Crippen LogP contribution in [0.2, 0.25) is 5.02 Å². The van der Waals surface area contributed by atoms with Gasteiger partial charge < -0.3 is 5.32 Å². The summed E-state index contributed by atoms with van der Waals surface area (Å²) in [5.41, 5.74) is 2.36. The van der Waals surface area contributed by atoms with Gasteiger partial charge in [-0.1, -0.05) is 42.8 Å². The highest BCUT2D eigenvalue weighted by atomic mass is 35.5. The van der Waals surface area contributed by atoms with Gasteiger partial charge in [0.2, 0.25) is 10.0 Å². The van der Waals surface area contributed by atoms with Crippen molar-refractivity contribution in [3.05, 3.63) is 64.2 Å². The molecule has 0 spiro atoms. The summed E-state index contributed by atoms with van der Waals surface area (Å²) >= 11 is 6.15. The number of rotatable bonds is 5. The van der Waals surface area contributed by atoms with Gasteiger partial charge in [-0.25, -0.2) is 8.42 Å². The van der Waals surface area contributed by atoms with Gasteiger partial charge in [-0.15, -0.1) is 0 Å². The molecular formula is C20H23ClN2O3S. The van der Waals surface area contributed by atoms with Crippen molar-refractivity contribution in [1.29, 1.82) is 0 Å². The number of carbonyl (C=O) groups is 1. The third-order valence-corrected chi connectivity index (χ3v) is 7.08. The number of hydrogen-bond donors (Lipinski definition) is 1. The number of sulfonamides is 1. The van der Waals surface area contributed by atoms with Crippen LogP contribution in [0.5, 0.6) is 0 Å². The molecule has 0 aromatic heterocycles. The number of amides is 1. The molecule has 5 nitrogen and oxygen atoms in total. The van der Waals surface area contributed by atoms with E-state index in [1.165, 1.54) is 28.1 Å². The summed E-state index contributed by atoms with van der Waals surface area (Å²) in [5, 5.41) is 3.06. The minimum absolute atomic E-state index is 0.0209. The zero-order chi connectivity index (χ0) is 19.6. The summed E-state index contributed by atoms with van der Waals surface area (Å²) in [6.07, 6.45) is 1.44. The second-order valence-electron chi connectivity index (χ2n) is 6.78. The maximum Gasteiger partial charge on any atom is 0.253 e. The van der Waals surface area contributed by atoms with E-state index >= 15 is 0 Å². The normalized spacial score (nSPS) is 15.8. The van der Waals surface area contributed by atoms with Gasteiger partial charge in [0.05, 0.1) is 15.5 Å². The lowest BCUT2D eigenvalue weighted by molar-refractivity contribution is 0.0939. The molecule has 144 valence electrons. The van der Waals surface area contributed by atoms with Crippen LogP contribution in [0.15, 0.2) is 47.4 Å². The molecule has 27 heavy (non-hydrogen) atoms. The molecule has 0 fully saturated rings. The van der Waals surface area contributed by atoms with Crippen LogP contribution in [0.3, 0.4) is 0 Å². The minimum atomic E-state index is -3.72. The Labute approximate surface area is 165 Å². The van der Waals surface area contributed by atoms with E-state index in [0.29, 0.717) is 19.5 Å². The molecule has 2 aromatic rings. The van der Waals surface area contributed by atoms with Crippen molar-refractivity contribution in [1.82, 2.24) is 9.62 Å². The van der Waals surface area contributed by atoms with Gasteiger partial charge in [0.15, 0.2) is 0 Å². The topological polar surface area (TPSA) is 66.5 Å². The highest BCUT2D eigenvalue weighted by Crippen LogP contribution is 2.27.